The molecule has 1 aromatic heterocycles. The quantitative estimate of drug-likeness (QED) is 0.391. The summed E-state index contributed by atoms with van der Waals surface area (Å²) in [6.07, 6.45) is 1.88. The van der Waals surface area contributed by atoms with Gasteiger partial charge in [0.2, 0.25) is 0 Å². The smallest absolute Gasteiger partial charge is 0.337 e. The van der Waals surface area contributed by atoms with E-state index in [1.807, 2.05) is 26.0 Å². The van der Waals surface area contributed by atoms with Crippen molar-refractivity contribution in [1.82, 2.24) is 4.98 Å². The summed E-state index contributed by atoms with van der Waals surface area (Å²) in [6, 6.07) is 15.4. The van der Waals surface area contributed by atoms with E-state index in [1.54, 1.807) is 18.2 Å². The molecular weight excluding hydrogens is 402 g/mol. The van der Waals surface area contributed by atoms with Gasteiger partial charge in [-0.3, -0.25) is 4.98 Å². The summed E-state index contributed by atoms with van der Waals surface area (Å²) in [5.41, 5.74) is 6.89. The zero-order valence-corrected chi connectivity index (χ0v) is 19.5. The van der Waals surface area contributed by atoms with Gasteiger partial charge in [-0.2, -0.15) is 0 Å². The number of pyridine rings is 1. The lowest BCUT2D eigenvalue weighted by Gasteiger charge is -2.18. The highest BCUT2D eigenvalue weighted by Crippen LogP contribution is 2.33. The van der Waals surface area contributed by atoms with Crippen molar-refractivity contribution in [1.29, 1.82) is 0 Å². The van der Waals surface area contributed by atoms with Crippen LogP contribution in [0.15, 0.2) is 48.5 Å². The van der Waals surface area contributed by atoms with Gasteiger partial charge >= 0.3 is 5.97 Å². The first-order valence-corrected chi connectivity index (χ1v) is 11.1. The number of ether oxygens (including phenoxy) is 3. The average molecular weight is 434 g/mol. The molecule has 0 spiro atoms. The van der Waals surface area contributed by atoms with Gasteiger partial charge in [-0.25, -0.2) is 4.79 Å². The molecule has 0 bridgehead atoms. The lowest BCUT2D eigenvalue weighted by Crippen LogP contribution is -2.07. The van der Waals surface area contributed by atoms with Crippen LogP contribution in [-0.4, -0.2) is 24.7 Å². The van der Waals surface area contributed by atoms with Crippen LogP contribution >= 0.6 is 0 Å². The van der Waals surface area contributed by atoms with Gasteiger partial charge in [0, 0.05) is 17.3 Å². The Kier molecular flexibility index (Phi) is 7.87. The molecule has 0 aliphatic rings. The number of aryl methyl sites for hydroxylation is 3. The van der Waals surface area contributed by atoms with Gasteiger partial charge in [-0.1, -0.05) is 38.1 Å². The van der Waals surface area contributed by atoms with Crippen LogP contribution in [0.5, 0.6) is 11.5 Å². The fourth-order valence-corrected chi connectivity index (χ4v) is 3.82. The maximum absolute atomic E-state index is 11.8. The summed E-state index contributed by atoms with van der Waals surface area (Å²) < 4.78 is 16.8. The second-order valence-electron chi connectivity index (χ2n) is 7.47. The van der Waals surface area contributed by atoms with E-state index in [2.05, 4.69) is 32.0 Å². The van der Waals surface area contributed by atoms with Crippen molar-refractivity contribution < 1.29 is 19.0 Å². The van der Waals surface area contributed by atoms with Crippen LogP contribution < -0.4 is 9.47 Å². The first kappa shape index (κ1) is 23.3. The van der Waals surface area contributed by atoms with E-state index in [-0.39, 0.29) is 6.61 Å². The molecule has 0 saturated carbocycles. The molecule has 0 aliphatic carbocycles. The Bertz CT molecular complexity index is 1070. The predicted molar refractivity (Wildman–Crippen MR) is 126 cm³/mol. The summed E-state index contributed by atoms with van der Waals surface area (Å²) in [7, 11) is 1.36. The van der Waals surface area contributed by atoms with Crippen LogP contribution in [0.4, 0.5) is 0 Å². The van der Waals surface area contributed by atoms with Crippen LogP contribution in [0.25, 0.3) is 11.3 Å². The standard InChI is InChI=1S/C27H31NO4/c1-6-19-11-9-12-20(7-2)26(19)24-16-25(31-8-3)23(18(4)28-24)17-32-22-14-10-13-21(15-22)27(29)30-5/h9-16H,6-8,17H2,1-5H3. The molecule has 0 saturated heterocycles. The van der Waals surface area contributed by atoms with Crippen molar-refractivity contribution in [3.05, 3.63) is 76.5 Å². The summed E-state index contributed by atoms with van der Waals surface area (Å²) >= 11 is 0. The molecule has 0 fully saturated rings. The predicted octanol–water partition coefficient (Wildman–Crippen LogP) is 5.95. The van der Waals surface area contributed by atoms with Crippen LogP contribution in [0.3, 0.4) is 0 Å². The average Bonchev–Trinajstić information content (AvgIpc) is 2.82. The van der Waals surface area contributed by atoms with Crippen LogP contribution in [0.1, 0.15) is 53.5 Å². The number of hydrogen-bond donors (Lipinski definition) is 0. The number of carbonyl (C=O) groups excluding carboxylic acids is 1. The molecule has 3 rings (SSSR count). The minimum absolute atomic E-state index is 0.287. The van der Waals surface area contributed by atoms with E-state index in [0.717, 1.165) is 35.5 Å². The Labute approximate surface area is 190 Å². The maximum atomic E-state index is 11.8. The zero-order valence-electron chi connectivity index (χ0n) is 19.5. The first-order chi connectivity index (χ1) is 15.5. The Hall–Kier alpha value is -3.34. The third-order valence-corrected chi connectivity index (χ3v) is 5.48. The van der Waals surface area contributed by atoms with E-state index >= 15 is 0 Å². The number of carbonyl (C=O) groups is 1. The van der Waals surface area contributed by atoms with E-state index in [1.165, 1.54) is 23.8 Å². The molecule has 32 heavy (non-hydrogen) atoms. The fraction of sp³-hybridized carbons (Fsp3) is 0.333. The van der Waals surface area contributed by atoms with Crippen molar-refractivity contribution in [2.24, 2.45) is 0 Å². The topological polar surface area (TPSA) is 57.7 Å². The molecule has 0 aliphatic heterocycles. The number of aromatic nitrogens is 1. The van der Waals surface area contributed by atoms with Crippen molar-refractivity contribution in [2.45, 2.75) is 47.1 Å². The van der Waals surface area contributed by atoms with E-state index in [0.29, 0.717) is 17.9 Å². The molecule has 1 heterocycles. The number of esters is 1. The van der Waals surface area contributed by atoms with Gasteiger partial charge < -0.3 is 14.2 Å². The fourth-order valence-electron chi connectivity index (χ4n) is 3.82. The molecule has 168 valence electrons. The molecule has 0 unspecified atom stereocenters. The third-order valence-electron chi connectivity index (χ3n) is 5.48. The van der Waals surface area contributed by atoms with Crippen LogP contribution in [0, 0.1) is 6.92 Å². The SMILES string of the molecule is CCOc1cc(-c2c(CC)cccc2CC)nc(C)c1COc1cccc(C(=O)OC)c1. The monoisotopic (exact) mass is 433 g/mol. The molecule has 0 radical (unpaired) electrons. The lowest BCUT2D eigenvalue weighted by molar-refractivity contribution is 0.0600. The molecule has 0 amide bonds. The Morgan fingerprint density at radius 3 is 2.25 bits per heavy atom. The number of rotatable bonds is 9. The maximum Gasteiger partial charge on any atom is 0.337 e. The van der Waals surface area contributed by atoms with Crippen LogP contribution in [0.2, 0.25) is 0 Å². The van der Waals surface area contributed by atoms with Gasteiger partial charge in [0.05, 0.1) is 30.5 Å². The Balaban J connectivity index is 1.97. The van der Waals surface area contributed by atoms with E-state index in [9.17, 15) is 4.79 Å². The molecule has 0 N–H and O–H groups in total. The van der Waals surface area contributed by atoms with Gasteiger partial charge in [0.15, 0.2) is 0 Å². The van der Waals surface area contributed by atoms with Gasteiger partial charge in [-0.05, 0) is 56.0 Å². The normalized spacial score (nSPS) is 10.7. The largest absolute Gasteiger partial charge is 0.493 e. The van der Waals surface area contributed by atoms with Crippen LogP contribution in [-0.2, 0) is 24.2 Å². The first-order valence-electron chi connectivity index (χ1n) is 11.1. The Morgan fingerprint density at radius 2 is 1.62 bits per heavy atom. The number of benzene rings is 2. The minimum Gasteiger partial charge on any atom is -0.493 e. The Morgan fingerprint density at radius 1 is 0.938 bits per heavy atom. The lowest BCUT2D eigenvalue weighted by atomic mass is 9.94. The van der Waals surface area contributed by atoms with Gasteiger partial charge in [-0.15, -0.1) is 0 Å². The van der Waals surface area contributed by atoms with Crippen molar-refractivity contribution >= 4 is 5.97 Å². The molecule has 0 atom stereocenters. The minimum atomic E-state index is -0.394. The van der Waals surface area contributed by atoms with Crippen molar-refractivity contribution in [3.63, 3.8) is 0 Å². The molecule has 5 heteroatoms. The summed E-state index contributed by atoms with van der Waals surface area (Å²) in [5, 5.41) is 0. The second-order valence-corrected chi connectivity index (χ2v) is 7.47. The van der Waals surface area contributed by atoms with Crippen molar-refractivity contribution in [2.75, 3.05) is 13.7 Å². The number of hydrogen-bond acceptors (Lipinski definition) is 5. The highest BCUT2D eigenvalue weighted by molar-refractivity contribution is 5.89. The van der Waals surface area contributed by atoms with Gasteiger partial charge in [0.1, 0.15) is 18.1 Å². The summed E-state index contributed by atoms with van der Waals surface area (Å²) in [6.45, 7) is 9.12. The molecular formula is C27H31NO4. The number of methoxy groups -OCH3 is 1. The van der Waals surface area contributed by atoms with Crippen molar-refractivity contribution in [3.8, 4) is 22.8 Å². The highest BCUT2D eigenvalue weighted by atomic mass is 16.5. The molecule has 2 aromatic carbocycles. The second kappa shape index (κ2) is 10.8. The third kappa shape index (κ3) is 5.10. The number of nitrogens with zero attached hydrogens (tertiary/aromatic N) is 1. The van der Waals surface area contributed by atoms with E-state index in [4.69, 9.17) is 19.2 Å². The molecule has 5 nitrogen and oxygen atoms in total. The summed E-state index contributed by atoms with van der Waals surface area (Å²) in [4.78, 5) is 16.7. The van der Waals surface area contributed by atoms with Gasteiger partial charge in [0.25, 0.3) is 0 Å². The highest BCUT2D eigenvalue weighted by Gasteiger charge is 2.17. The van der Waals surface area contributed by atoms with E-state index < -0.39 is 5.97 Å². The summed E-state index contributed by atoms with van der Waals surface area (Å²) in [5.74, 6) is 0.962. The zero-order chi connectivity index (χ0) is 23.1. The molecule has 3 aromatic rings.